The van der Waals surface area contributed by atoms with Gasteiger partial charge in [0.25, 0.3) is 0 Å². The third kappa shape index (κ3) is 2.25. The van der Waals surface area contributed by atoms with Gasteiger partial charge >= 0.3 is 0 Å². The van der Waals surface area contributed by atoms with Crippen molar-refractivity contribution >= 4 is 23.1 Å². The summed E-state index contributed by atoms with van der Waals surface area (Å²) in [7, 11) is 0. The van der Waals surface area contributed by atoms with E-state index >= 15 is 0 Å². The molecule has 1 rings (SSSR count). The van der Waals surface area contributed by atoms with E-state index in [1.165, 1.54) is 6.07 Å². The first-order valence-electron chi connectivity index (χ1n) is 4.07. The first-order valence-corrected chi connectivity index (χ1v) is 4.44. The molecule has 0 aliphatic heterocycles. The summed E-state index contributed by atoms with van der Waals surface area (Å²) in [4.78, 5) is 14.0. The number of nitrogens with zero attached hydrogens (tertiary/aromatic N) is 3. The Kier molecular flexibility index (Phi) is 3.51. The third-order valence-corrected chi connectivity index (χ3v) is 1.97. The molecule has 0 spiro atoms. The van der Waals surface area contributed by atoms with Gasteiger partial charge in [-0.05, 0) is 23.7 Å². The number of ketones is 1. The molecule has 1 aromatic carbocycles. The van der Waals surface area contributed by atoms with E-state index in [1.54, 1.807) is 19.1 Å². The van der Waals surface area contributed by atoms with Gasteiger partial charge in [-0.3, -0.25) is 4.79 Å². The van der Waals surface area contributed by atoms with Gasteiger partial charge in [0.05, 0.1) is 0 Å². The first kappa shape index (κ1) is 10.6. The van der Waals surface area contributed by atoms with Crippen LogP contribution in [0.2, 0.25) is 5.02 Å². The highest BCUT2D eigenvalue weighted by Crippen LogP contribution is 2.25. The zero-order valence-electron chi connectivity index (χ0n) is 7.57. The maximum absolute atomic E-state index is 11.4. The van der Waals surface area contributed by atoms with Gasteiger partial charge in [0.1, 0.15) is 0 Å². The van der Waals surface area contributed by atoms with Gasteiger partial charge in [0.15, 0.2) is 5.78 Å². The minimum absolute atomic E-state index is 0.0657. The second-order valence-corrected chi connectivity index (χ2v) is 3.06. The van der Waals surface area contributed by atoms with Crippen molar-refractivity contribution in [1.82, 2.24) is 0 Å². The molecule has 72 valence electrons. The Bertz CT molecular complexity index is 411. The maximum Gasteiger partial charge on any atom is 0.163 e. The van der Waals surface area contributed by atoms with Gasteiger partial charge in [-0.1, -0.05) is 23.6 Å². The molecule has 0 unspecified atom stereocenters. The number of Topliss-reactive ketones (excluding diaryl/α,β-unsaturated/α-hetero) is 1. The van der Waals surface area contributed by atoms with Crippen LogP contribution in [-0.2, 0) is 0 Å². The van der Waals surface area contributed by atoms with Crippen molar-refractivity contribution in [3.8, 4) is 0 Å². The number of benzene rings is 1. The van der Waals surface area contributed by atoms with Gasteiger partial charge in [0, 0.05) is 27.6 Å². The van der Waals surface area contributed by atoms with Crippen molar-refractivity contribution in [2.45, 2.75) is 13.3 Å². The van der Waals surface area contributed by atoms with Crippen LogP contribution in [-0.4, -0.2) is 5.78 Å². The molecule has 0 radical (unpaired) electrons. The molecule has 5 heteroatoms. The minimum Gasteiger partial charge on any atom is -0.294 e. The highest BCUT2D eigenvalue weighted by atomic mass is 35.5. The SMILES string of the molecule is CCC(=O)c1ccc(Cl)cc1N=[N+]=[N-]. The predicted molar refractivity (Wildman–Crippen MR) is 54.9 cm³/mol. The quantitative estimate of drug-likeness (QED) is 0.322. The summed E-state index contributed by atoms with van der Waals surface area (Å²) in [6, 6.07) is 4.64. The standard InChI is InChI=1S/C9H8ClN3O/c1-2-9(14)7-4-3-6(10)5-8(7)12-13-11/h3-5H,2H2,1H3. The average Bonchev–Trinajstić information content (AvgIpc) is 2.17. The molecular weight excluding hydrogens is 202 g/mol. The fraction of sp³-hybridized carbons (Fsp3) is 0.222. The Morgan fingerprint density at radius 2 is 2.36 bits per heavy atom. The number of azide groups is 1. The Morgan fingerprint density at radius 3 is 2.93 bits per heavy atom. The van der Waals surface area contributed by atoms with Crippen LogP contribution in [0.5, 0.6) is 0 Å². The van der Waals surface area contributed by atoms with Gasteiger partial charge in [-0.15, -0.1) is 0 Å². The number of rotatable bonds is 3. The number of carbonyl (C=O) groups excluding carboxylic acids is 1. The molecular formula is C9H8ClN3O. The molecule has 0 aromatic heterocycles. The fourth-order valence-corrected chi connectivity index (χ4v) is 1.23. The van der Waals surface area contributed by atoms with Crippen molar-refractivity contribution in [3.63, 3.8) is 0 Å². The molecule has 0 saturated carbocycles. The van der Waals surface area contributed by atoms with Crippen molar-refractivity contribution in [2.24, 2.45) is 5.11 Å². The second-order valence-electron chi connectivity index (χ2n) is 2.63. The zero-order valence-corrected chi connectivity index (χ0v) is 8.32. The Hall–Kier alpha value is -1.51. The van der Waals surface area contributed by atoms with Crippen LogP contribution < -0.4 is 0 Å². The number of hydrogen-bond donors (Lipinski definition) is 0. The van der Waals surface area contributed by atoms with E-state index < -0.39 is 0 Å². The maximum atomic E-state index is 11.4. The summed E-state index contributed by atoms with van der Waals surface area (Å²) in [6.45, 7) is 1.75. The molecule has 0 heterocycles. The van der Waals surface area contributed by atoms with E-state index in [1.807, 2.05) is 0 Å². The van der Waals surface area contributed by atoms with Gasteiger partial charge in [-0.2, -0.15) is 0 Å². The molecule has 4 nitrogen and oxygen atoms in total. The second kappa shape index (κ2) is 4.65. The molecule has 0 aliphatic carbocycles. The largest absolute Gasteiger partial charge is 0.294 e. The predicted octanol–water partition coefficient (Wildman–Crippen LogP) is 3.87. The van der Waals surface area contributed by atoms with E-state index in [4.69, 9.17) is 17.1 Å². The van der Waals surface area contributed by atoms with Crippen LogP contribution in [0.3, 0.4) is 0 Å². The van der Waals surface area contributed by atoms with Crippen molar-refractivity contribution in [1.29, 1.82) is 0 Å². The molecule has 0 N–H and O–H groups in total. The minimum atomic E-state index is -0.0657. The van der Waals surface area contributed by atoms with Crippen LogP contribution in [0.25, 0.3) is 10.4 Å². The number of carbonyl (C=O) groups is 1. The normalized spacial score (nSPS) is 9.29. The molecule has 0 bridgehead atoms. The van der Waals surface area contributed by atoms with Crippen molar-refractivity contribution < 1.29 is 4.79 Å². The summed E-state index contributed by atoms with van der Waals surface area (Å²) >= 11 is 5.71. The summed E-state index contributed by atoms with van der Waals surface area (Å²) in [5.74, 6) is -0.0657. The lowest BCUT2D eigenvalue weighted by Gasteiger charge is -2.02. The van der Waals surface area contributed by atoms with Crippen LogP contribution in [0, 0.1) is 0 Å². The monoisotopic (exact) mass is 209 g/mol. The van der Waals surface area contributed by atoms with E-state index in [2.05, 4.69) is 10.0 Å². The third-order valence-electron chi connectivity index (χ3n) is 1.73. The molecule has 14 heavy (non-hydrogen) atoms. The van der Waals surface area contributed by atoms with Gasteiger partial charge < -0.3 is 0 Å². The highest BCUT2D eigenvalue weighted by molar-refractivity contribution is 6.31. The highest BCUT2D eigenvalue weighted by Gasteiger charge is 2.08. The number of halogens is 1. The lowest BCUT2D eigenvalue weighted by atomic mass is 10.1. The summed E-state index contributed by atoms with van der Waals surface area (Å²) in [6.07, 6.45) is 0.371. The smallest absolute Gasteiger partial charge is 0.163 e. The molecule has 0 fully saturated rings. The van der Waals surface area contributed by atoms with Crippen LogP contribution in [0.4, 0.5) is 5.69 Å². The van der Waals surface area contributed by atoms with Crippen molar-refractivity contribution in [3.05, 3.63) is 39.2 Å². The molecule has 0 saturated heterocycles. The zero-order chi connectivity index (χ0) is 10.6. The Balaban J connectivity index is 3.28. The van der Waals surface area contributed by atoms with Crippen LogP contribution in [0.15, 0.2) is 23.3 Å². The lowest BCUT2D eigenvalue weighted by Crippen LogP contribution is -1.96. The topological polar surface area (TPSA) is 65.8 Å². The Labute approximate surface area is 86.1 Å². The molecule has 0 atom stereocenters. The van der Waals surface area contributed by atoms with Gasteiger partial charge in [-0.25, -0.2) is 0 Å². The summed E-state index contributed by atoms with van der Waals surface area (Å²) in [5.41, 5.74) is 8.99. The van der Waals surface area contributed by atoms with Crippen LogP contribution in [0.1, 0.15) is 23.7 Å². The van der Waals surface area contributed by atoms with Gasteiger partial charge in [0.2, 0.25) is 0 Å². The fourth-order valence-electron chi connectivity index (χ4n) is 1.06. The first-order chi connectivity index (χ1) is 6.69. The van der Waals surface area contributed by atoms with Crippen molar-refractivity contribution in [2.75, 3.05) is 0 Å². The van der Waals surface area contributed by atoms with Crippen LogP contribution >= 0.6 is 11.6 Å². The Morgan fingerprint density at radius 1 is 1.64 bits per heavy atom. The summed E-state index contributed by atoms with van der Waals surface area (Å²) in [5, 5.41) is 3.86. The molecule has 1 aromatic rings. The number of hydrogen-bond acceptors (Lipinski definition) is 2. The molecule has 0 aliphatic rings. The lowest BCUT2D eigenvalue weighted by molar-refractivity contribution is 0.0989. The van der Waals surface area contributed by atoms with E-state index in [9.17, 15) is 4.79 Å². The van der Waals surface area contributed by atoms with E-state index in [0.29, 0.717) is 17.0 Å². The summed E-state index contributed by atoms with van der Waals surface area (Å²) < 4.78 is 0. The average molecular weight is 210 g/mol. The van der Waals surface area contributed by atoms with E-state index in [0.717, 1.165) is 0 Å². The molecule has 0 amide bonds. The van der Waals surface area contributed by atoms with E-state index in [-0.39, 0.29) is 11.5 Å².